The highest BCUT2D eigenvalue weighted by Gasteiger charge is 2.27. The molecule has 1 atom stereocenters. The van der Waals surface area contributed by atoms with Crippen molar-refractivity contribution >= 4 is 50.7 Å². The summed E-state index contributed by atoms with van der Waals surface area (Å²) in [5, 5.41) is 33.3. The van der Waals surface area contributed by atoms with Crippen LogP contribution in [-0.2, 0) is 19.6 Å². The van der Waals surface area contributed by atoms with E-state index in [4.69, 9.17) is 15.4 Å². The van der Waals surface area contributed by atoms with Crippen LogP contribution in [-0.4, -0.2) is 41.2 Å². The molecule has 0 spiro atoms. The fraction of sp³-hybridized carbons (Fsp3) is 0.333. The lowest BCUT2D eigenvalue weighted by molar-refractivity contribution is -0.387. The normalized spacial score (nSPS) is 12.8. The number of hydrogen-bond acceptors (Lipinski definition) is 8. The molecular formula is C9H10N2O8S3. The molecule has 0 bridgehead atoms. The van der Waals surface area contributed by atoms with Crippen LogP contribution in [0.2, 0.25) is 0 Å². The maximum Gasteiger partial charge on any atom is 0.307 e. The lowest BCUT2D eigenvalue weighted by Gasteiger charge is -2.07. The summed E-state index contributed by atoms with van der Waals surface area (Å²) in [6.45, 7) is 0. The lowest BCUT2D eigenvalue weighted by atomic mass is 10.1. The maximum absolute atomic E-state index is 11.2. The minimum Gasteiger partial charge on any atom is -0.481 e. The van der Waals surface area contributed by atoms with Gasteiger partial charge in [0.1, 0.15) is 8.42 Å². The molecule has 1 aromatic rings. The number of thioether (sulfide) groups is 1. The van der Waals surface area contributed by atoms with E-state index in [1.165, 1.54) is 0 Å². The highest BCUT2D eigenvalue weighted by atomic mass is 32.3. The van der Waals surface area contributed by atoms with E-state index in [1.807, 2.05) is 0 Å². The first-order valence-electron chi connectivity index (χ1n) is 5.40. The van der Waals surface area contributed by atoms with Crippen LogP contribution in [0.15, 0.2) is 14.5 Å². The van der Waals surface area contributed by atoms with Gasteiger partial charge in [-0.1, -0.05) is 0 Å². The number of sulfonamides is 1. The third kappa shape index (κ3) is 4.94. The van der Waals surface area contributed by atoms with Gasteiger partial charge in [0.2, 0.25) is 10.0 Å². The predicted octanol–water partition coefficient (Wildman–Crippen LogP) is 0.571. The quantitative estimate of drug-likeness (QED) is 0.335. The van der Waals surface area contributed by atoms with E-state index in [0.717, 1.165) is 6.07 Å². The average Bonchev–Trinajstić information content (AvgIpc) is 2.77. The molecule has 1 rings (SSSR count). The fourth-order valence-corrected chi connectivity index (χ4v) is 4.66. The molecule has 13 heteroatoms. The second kappa shape index (κ2) is 7.04. The second-order valence-electron chi connectivity index (χ2n) is 3.98. The Morgan fingerprint density at radius 1 is 1.45 bits per heavy atom. The van der Waals surface area contributed by atoms with Gasteiger partial charge in [0.15, 0.2) is 0 Å². The van der Waals surface area contributed by atoms with Crippen LogP contribution < -0.4 is 5.14 Å². The van der Waals surface area contributed by atoms with E-state index >= 15 is 0 Å². The van der Waals surface area contributed by atoms with Crippen LogP contribution in [0, 0.1) is 16.0 Å². The second-order valence-corrected chi connectivity index (χ2v) is 8.11. The number of carboxylic acid groups (broad SMARTS) is 2. The van der Waals surface area contributed by atoms with E-state index in [0.29, 0.717) is 23.1 Å². The molecule has 0 aliphatic rings. The maximum atomic E-state index is 11.2. The van der Waals surface area contributed by atoms with Gasteiger partial charge in [-0.15, -0.1) is 23.1 Å². The van der Waals surface area contributed by atoms with Crippen LogP contribution in [0.4, 0.5) is 5.69 Å². The average molecular weight is 370 g/mol. The predicted molar refractivity (Wildman–Crippen MR) is 76.4 cm³/mol. The zero-order chi connectivity index (χ0) is 17.1. The number of rotatable bonds is 8. The number of hydrogen-bond donors (Lipinski definition) is 3. The zero-order valence-corrected chi connectivity index (χ0v) is 13.1. The van der Waals surface area contributed by atoms with Crippen molar-refractivity contribution in [2.45, 2.75) is 14.8 Å². The number of nitro groups is 1. The molecule has 1 unspecified atom stereocenters. The Kier molecular flexibility index (Phi) is 5.87. The highest BCUT2D eigenvalue weighted by Crippen LogP contribution is 2.40. The van der Waals surface area contributed by atoms with E-state index < -0.39 is 49.1 Å². The van der Waals surface area contributed by atoms with E-state index in [-0.39, 0.29) is 9.96 Å². The molecule has 0 radical (unpaired) electrons. The van der Waals surface area contributed by atoms with Gasteiger partial charge in [-0.25, -0.2) is 13.6 Å². The van der Waals surface area contributed by atoms with E-state index in [9.17, 15) is 28.1 Å². The molecule has 0 aliphatic heterocycles. The summed E-state index contributed by atoms with van der Waals surface area (Å²) < 4.78 is 21.9. The third-order valence-electron chi connectivity index (χ3n) is 2.32. The van der Waals surface area contributed by atoms with Crippen LogP contribution in [0.25, 0.3) is 0 Å². The summed E-state index contributed by atoms with van der Waals surface area (Å²) in [4.78, 5) is 31.5. The van der Waals surface area contributed by atoms with Crippen molar-refractivity contribution in [1.82, 2.24) is 0 Å². The summed E-state index contributed by atoms with van der Waals surface area (Å²) in [6, 6.07) is 0.787. The van der Waals surface area contributed by atoms with Crippen LogP contribution >= 0.6 is 23.1 Å². The van der Waals surface area contributed by atoms with Crippen molar-refractivity contribution in [1.29, 1.82) is 0 Å². The Hall–Kier alpha value is -1.70. The molecule has 10 nitrogen and oxygen atoms in total. The van der Waals surface area contributed by atoms with Gasteiger partial charge in [0.05, 0.1) is 17.3 Å². The van der Waals surface area contributed by atoms with Crippen LogP contribution in [0.3, 0.4) is 0 Å². The Balaban J connectivity index is 3.01. The summed E-state index contributed by atoms with van der Waals surface area (Å²) in [5.41, 5.74) is -0.515. The Labute approximate surface area is 132 Å². The first-order chi connectivity index (χ1) is 10.0. The Bertz CT molecular complexity index is 710. The third-order valence-corrected chi connectivity index (χ3v) is 6.30. The van der Waals surface area contributed by atoms with Gasteiger partial charge < -0.3 is 10.2 Å². The number of carbonyl (C=O) groups is 2. The van der Waals surface area contributed by atoms with Crippen molar-refractivity contribution in [3.05, 3.63) is 16.2 Å². The Morgan fingerprint density at radius 2 is 2.05 bits per heavy atom. The van der Waals surface area contributed by atoms with E-state index in [2.05, 4.69) is 0 Å². The first-order valence-corrected chi connectivity index (χ1v) is 8.75. The smallest absolute Gasteiger partial charge is 0.307 e. The van der Waals surface area contributed by atoms with Crippen LogP contribution in [0.5, 0.6) is 0 Å². The molecule has 4 N–H and O–H groups in total. The number of aliphatic carboxylic acids is 2. The standard InChI is InChI=1S/C9H10N2O8S3/c10-22(18,19)7-2-5(11(16)17)9(21-7)20-3-4(8(14)15)1-6(12)13/h2,4H,1,3H2,(H,12,13)(H,14,15)(H2,10,18,19). The molecule has 1 aromatic heterocycles. The van der Waals surface area contributed by atoms with Gasteiger partial charge >= 0.3 is 11.9 Å². The number of carboxylic acids is 2. The van der Waals surface area contributed by atoms with Crippen molar-refractivity contribution < 1.29 is 33.1 Å². The monoisotopic (exact) mass is 370 g/mol. The zero-order valence-electron chi connectivity index (χ0n) is 10.7. The molecule has 0 fully saturated rings. The molecule has 0 saturated carbocycles. The SMILES string of the molecule is NS(=O)(=O)c1cc([N+](=O)[O-])c(SCC(CC(=O)O)C(=O)O)s1. The van der Waals surface area contributed by atoms with Crippen LogP contribution in [0.1, 0.15) is 6.42 Å². The van der Waals surface area contributed by atoms with Crippen molar-refractivity contribution in [2.24, 2.45) is 11.1 Å². The van der Waals surface area contributed by atoms with Crippen molar-refractivity contribution in [2.75, 3.05) is 5.75 Å². The van der Waals surface area contributed by atoms with E-state index in [1.54, 1.807) is 0 Å². The number of nitrogens with two attached hydrogens (primary N) is 1. The minimum absolute atomic E-state index is 0.0503. The number of nitrogens with zero attached hydrogens (tertiary/aromatic N) is 1. The summed E-state index contributed by atoms with van der Waals surface area (Å²) >= 11 is 1.24. The summed E-state index contributed by atoms with van der Waals surface area (Å²) in [5.74, 6) is -4.20. The number of primary sulfonamides is 1. The van der Waals surface area contributed by atoms with Gasteiger partial charge in [0, 0.05) is 11.8 Å². The first kappa shape index (κ1) is 18.3. The molecule has 0 aliphatic carbocycles. The molecule has 1 heterocycles. The molecule has 0 aromatic carbocycles. The van der Waals surface area contributed by atoms with Gasteiger partial charge in [-0.2, -0.15) is 0 Å². The van der Waals surface area contributed by atoms with Crippen molar-refractivity contribution in [3.63, 3.8) is 0 Å². The minimum atomic E-state index is -4.12. The molecule has 0 saturated heterocycles. The lowest BCUT2D eigenvalue weighted by Crippen LogP contribution is -2.20. The molecule has 122 valence electrons. The van der Waals surface area contributed by atoms with Crippen molar-refractivity contribution in [3.8, 4) is 0 Å². The van der Waals surface area contributed by atoms with Gasteiger partial charge in [0.25, 0.3) is 5.69 Å². The summed E-state index contributed by atoms with van der Waals surface area (Å²) in [7, 11) is -4.12. The summed E-state index contributed by atoms with van der Waals surface area (Å²) in [6.07, 6.45) is -0.649. The molecule has 0 amide bonds. The Morgan fingerprint density at radius 3 is 2.45 bits per heavy atom. The fourth-order valence-electron chi connectivity index (χ4n) is 1.32. The topological polar surface area (TPSA) is 178 Å². The highest BCUT2D eigenvalue weighted by molar-refractivity contribution is 8.01. The van der Waals surface area contributed by atoms with Gasteiger partial charge in [-0.3, -0.25) is 19.7 Å². The van der Waals surface area contributed by atoms with Gasteiger partial charge in [-0.05, 0) is 0 Å². The largest absolute Gasteiger partial charge is 0.481 e. The molecular weight excluding hydrogens is 360 g/mol. The molecule has 22 heavy (non-hydrogen) atoms. The number of thiophene rings is 1.